The normalized spacial score (nSPS) is 16.4. The zero-order valence-electron chi connectivity index (χ0n) is 20.9. The second kappa shape index (κ2) is 11.8. The minimum Gasteiger partial charge on any atom is -0.493 e. The Morgan fingerprint density at radius 1 is 1.09 bits per heavy atom. The molecule has 1 amide bonds. The largest absolute Gasteiger partial charge is 0.493 e. The highest BCUT2D eigenvalue weighted by Gasteiger charge is 2.25. The van der Waals surface area contributed by atoms with Crippen molar-refractivity contribution in [3.8, 4) is 16.9 Å². The number of piperidine rings is 1. The topological polar surface area (TPSA) is 61.8 Å². The molecule has 0 bridgehead atoms. The number of halogens is 1. The Bertz CT molecular complexity index is 899. The summed E-state index contributed by atoms with van der Waals surface area (Å²) in [5, 5.41) is 12.3. The minimum absolute atomic E-state index is 0.0768. The van der Waals surface area contributed by atoms with E-state index >= 15 is 0 Å². The molecule has 2 aromatic rings. The summed E-state index contributed by atoms with van der Waals surface area (Å²) < 4.78 is 19.9. The molecule has 0 aliphatic carbocycles. The first-order chi connectivity index (χ1) is 16.1. The van der Waals surface area contributed by atoms with Gasteiger partial charge in [0.05, 0.1) is 19.3 Å². The number of benzene rings is 2. The molecule has 1 saturated heterocycles. The van der Waals surface area contributed by atoms with Crippen molar-refractivity contribution in [1.82, 2.24) is 10.2 Å². The number of nitrogens with one attached hydrogen (secondary N) is 1. The van der Waals surface area contributed by atoms with Crippen LogP contribution in [0, 0.1) is 11.8 Å². The second-order valence-electron chi connectivity index (χ2n) is 10.4. The summed E-state index contributed by atoms with van der Waals surface area (Å²) in [6.07, 6.45) is 2.06. The van der Waals surface area contributed by atoms with E-state index in [1.807, 2.05) is 50.2 Å². The van der Waals surface area contributed by atoms with Crippen molar-refractivity contribution in [2.75, 3.05) is 32.8 Å². The lowest BCUT2D eigenvalue weighted by Crippen LogP contribution is -2.41. The molecule has 1 aliphatic rings. The van der Waals surface area contributed by atoms with Gasteiger partial charge in [0, 0.05) is 12.1 Å². The predicted molar refractivity (Wildman–Crippen MR) is 135 cm³/mol. The summed E-state index contributed by atoms with van der Waals surface area (Å²) in [6, 6.07) is 15.2. The number of aliphatic hydroxyl groups excluding tert-OH is 1. The highest BCUT2D eigenvalue weighted by Crippen LogP contribution is 2.25. The Morgan fingerprint density at radius 2 is 1.65 bits per heavy atom. The van der Waals surface area contributed by atoms with Gasteiger partial charge in [0.1, 0.15) is 11.4 Å². The molecule has 1 atom stereocenters. The van der Waals surface area contributed by atoms with E-state index in [0.29, 0.717) is 24.6 Å². The molecule has 186 valence electrons. The molecule has 0 radical (unpaired) electrons. The van der Waals surface area contributed by atoms with Crippen LogP contribution in [0.3, 0.4) is 0 Å². The quantitative estimate of drug-likeness (QED) is 0.516. The Hall–Kier alpha value is -2.44. The summed E-state index contributed by atoms with van der Waals surface area (Å²) in [5.74, 6) is 1.33. The number of carbonyl (C=O) groups excluding carboxylic acids is 1. The monoisotopic (exact) mass is 470 g/mol. The van der Waals surface area contributed by atoms with Gasteiger partial charge in [-0.2, -0.15) is 0 Å². The molecular weight excluding hydrogens is 431 g/mol. The second-order valence-corrected chi connectivity index (χ2v) is 10.4. The zero-order valence-corrected chi connectivity index (χ0v) is 20.9. The van der Waals surface area contributed by atoms with Gasteiger partial charge in [0.2, 0.25) is 0 Å². The summed E-state index contributed by atoms with van der Waals surface area (Å²) >= 11 is 0. The van der Waals surface area contributed by atoms with E-state index in [2.05, 4.69) is 10.2 Å². The SMILES string of the molecule is CC(C)[C@@H](CO)NC(=O)c1ccc(-c2ccc(OCC3CCN(CC(C)(C)F)CC3)cc2)cc1. The first-order valence-electron chi connectivity index (χ1n) is 12.3. The minimum atomic E-state index is -1.14. The number of hydrogen-bond donors (Lipinski definition) is 2. The van der Waals surface area contributed by atoms with E-state index in [1.54, 1.807) is 26.0 Å². The number of carbonyl (C=O) groups is 1. The van der Waals surface area contributed by atoms with Gasteiger partial charge in [-0.3, -0.25) is 4.79 Å². The molecular formula is C28H39FN2O3. The molecule has 5 nitrogen and oxygen atoms in total. The number of alkyl halides is 1. The maximum Gasteiger partial charge on any atom is 0.251 e. The van der Waals surface area contributed by atoms with Gasteiger partial charge < -0.3 is 20.1 Å². The number of ether oxygens (including phenoxy) is 1. The molecule has 1 fully saturated rings. The zero-order chi connectivity index (χ0) is 24.7. The van der Waals surface area contributed by atoms with Gasteiger partial charge in [-0.15, -0.1) is 0 Å². The fourth-order valence-corrected chi connectivity index (χ4v) is 4.29. The van der Waals surface area contributed by atoms with E-state index < -0.39 is 5.67 Å². The average Bonchev–Trinajstić information content (AvgIpc) is 2.81. The fraction of sp³-hybridized carbons (Fsp3) is 0.536. The Labute approximate surface area is 203 Å². The van der Waals surface area contributed by atoms with Crippen molar-refractivity contribution < 1.29 is 19.0 Å². The Morgan fingerprint density at radius 3 is 2.15 bits per heavy atom. The summed E-state index contributed by atoms with van der Waals surface area (Å²) in [4.78, 5) is 14.6. The highest BCUT2D eigenvalue weighted by atomic mass is 19.1. The van der Waals surface area contributed by atoms with Gasteiger partial charge in [-0.05, 0) is 87.0 Å². The van der Waals surface area contributed by atoms with Crippen molar-refractivity contribution >= 4 is 5.91 Å². The summed E-state index contributed by atoms with van der Waals surface area (Å²) in [5.41, 5.74) is 1.50. The molecule has 34 heavy (non-hydrogen) atoms. The molecule has 0 unspecified atom stereocenters. The van der Waals surface area contributed by atoms with Crippen molar-refractivity contribution in [2.24, 2.45) is 11.8 Å². The van der Waals surface area contributed by atoms with Crippen LogP contribution in [0.15, 0.2) is 48.5 Å². The van der Waals surface area contributed by atoms with Crippen LogP contribution in [0.4, 0.5) is 4.39 Å². The fourth-order valence-electron chi connectivity index (χ4n) is 4.29. The molecule has 0 saturated carbocycles. The number of rotatable bonds is 10. The van der Waals surface area contributed by atoms with E-state index in [-0.39, 0.29) is 24.5 Å². The van der Waals surface area contributed by atoms with Gasteiger partial charge in [0.25, 0.3) is 5.91 Å². The lowest BCUT2D eigenvalue weighted by Gasteiger charge is -2.34. The molecule has 3 rings (SSSR count). The number of amides is 1. The Kier molecular flexibility index (Phi) is 9.09. The van der Waals surface area contributed by atoms with E-state index in [1.165, 1.54) is 0 Å². The van der Waals surface area contributed by atoms with Crippen LogP contribution >= 0.6 is 0 Å². The third-order valence-corrected chi connectivity index (χ3v) is 6.45. The highest BCUT2D eigenvalue weighted by molar-refractivity contribution is 5.94. The van der Waals surface area contributed by atoms with Crippen LogP contribution in [-0.4, -0.2) is 60.5 Å². The van der Waals surface area contributed by atoms with Crippen molar-refractivity contribution in [3.05, 3.63) is 54.1 Å². The van der Waals surface area contributed by atoms with Gasteiger partial charge in [0.15, 0.2) is 0 Å². The van der Waals surface area contributed by atoms with Gasteiger partial charge in [-0.25, -0.2) is 4.39 Å². The van der Waals surface area contributed by atoms with Crippen molar-refractivity contribution in [1.29, 1.82) is 0 Å². The molecule has 1 heterocycles. The van der Waals surface area contributed by atoms with E-state index in [0.717, 1.165) is 42.8 Å². The number of nitrogens with zero attached hydrogens (tertiary/aromatic N) is 1. The van der Waals surface area contributed by atoms with E-state index in [9.17, 15) is 14.3 Å². The molecule has 0 spiro atoms. The maximum atomic E-state index is 13.8. The van der Waals surface area contributed by atoms with Crippen molar-refractivity contribution in [2.45, 2.75) is 52.2 Å². The molecule has 1 aliphatic heterocycles. The maximum absolute atomic E-state index is 13.8. The van der Waals surface area contributed by atoms with Crippen LogP contribution < -0.4 is 10.1 Å². The Balaban J connectivity index is 1.48. The van der Waals surface area contributed by atoms with Crippen LogP contribution in [0.2, 0.25) is 0 Å². The van der Waals surface area contributed by atoms with Crippen LogP contribution in [0.1, 0.15) is 50.9 Å². The first-order valence-corrected chi connectivity index (χ1v) is 12.3. The third kappa shape index (κ3) is 7.81. The number of hydrogen-bond acceptors (Lipinski definition) is 4. The van der Waals surface area contributed by atoms with Gasteiger partial charge >= 0.3 is 0 Å². The molecule has 0 aromatic heterocycles. The smallest absolute Gasteiger partial charge is 0.251 e. The van der Waals surface area contributed by atoms with Crippen LogP contribution in [-0.2, 0) is 0 Å². The predicted octanol–water partition coefficient (Wildman–Crippen LogP) is 4.94. The lowest BCUT2D eigenvalue weighted by atomic mass is 9.97. The summed E-state index contributed by atoms with van der Waals surface area (Å²) in [7, 11) is 0. The third-order valence-electron chi connectivity index (χ3n) is 6.45. The lowest BCUT2D eigenvalue weighted by molar-refractivity contribution is 0.0836. The molecule has 6 heteroatoms. The average molecular weight is 471 g/mol. The van der Waals surface area contributed by atoms with Crippen LogP contribution in [0.25, 0.3) is 11.1 Å². The standard InChI is InChI=1S/C28H39FN2O3/c1-20(2)26(17-32)30-27(33)24-7-5-22(6-8-24)23-9-11-25(12-10-23)34-18-21-13-15-31(16-14-21)19-28(3,4)29/h5-12,20-21,26,32H,13-19H2,1-4H3,(H,30,33)/t26-/m1/s1. The van der Waals surface area contributed by atoms with Crippen molar-refractivity contribution in [3.63, 3.8) is 0 Å². The molecule has 2 aromatic carbocycles. The van der Waals surface area contributed by atoms with Gasteiger partial charge in [-0.1, -0.05) is 38.1 Å². The van der Waals surface area contributed by atoms with Crippen LogP contribution in [0.5, 0.6) is 5.75 Å². The first kappa shape index (κ1) is 26.2. The number of likely N-dealkylation sites (tertiary alicyclic amines) is 1. The van der Waals surface area contributed by atoms with E-state index in [4.69, 9.17) is 4.74 Å². The molecule has 2 N–H and O–H groups in total. The number of aliphatic hydroxyl groups is 1. The summed E-state index contributed by atoms with van der Waals surface area (Å²) in [6.45, 7) is 10.2.